The molecule has 0 atom stereocenters. The number of rotatable bonds is 11. The molecule has 0 fully saturated rings. The van der Waals surface area contributed by atoms with E-state index in [2.05, 4.69) is 34.6 Å². The highest BCUT2D eigenvalue weighted by Crippen LogP contribution is 2.22. The highest BCUT2D eigenvalue weighted by Gasteiger charge is 2.08. The summed E-state index contributed by atoms with van der Waals surface area (Å²) in [6, 6.07) is 0. The van der Waals surface area contributed by atoms with E-state index in [0.29, 0.717) is 5.41 Å². The second kappa shape index (κ2) is 17.3. The second-order valence-electron chi connectivity index (χ2n) is 7.18. The van der Waals surface area contributed by atoms with Crippen LogP contribution >= 0.6 is 11.6 Å². The van der Waals surface area contributed by atoms with E-state index in [1.54, 1.807) is 0 Å². The topological polar surface area (TPSA) is 0 Å². The quantitative estimate of drug-likeness (QED) is 0.268. The van der Waals surface area contributed by atoms with Crippen molar-refractivity contribution in [2.75, 3.05) is 5.88 Å². The Morgan fingerprint density at radius 3 is 1.35 bits per heavy atom. The number of hydrogen-bond donors (Lipinski definition) is 0. The van der Waals surface area contributed by atoms with Gasteiger partial charge in [0, 0.05) is 5.88 Å². The van der Waals surface area contributed by atoms with E-state index in [-0.39, 0.29) is 0 Å². The van der Waals surface area contributed by atoms with Gasteiger partial charge in [0.05, 0.1) is 0 Å². The minimum atomic E-state index is 0.544. The third-order valence-corrected chi connectivity index (χ3v) is 3.78. The van der Waals surface area contributed by atoms with Gasteiger partial charge in [0.1, 0.15) is 0 Å². The lowest BCUT2D eigenvalue weighted by Crippen LogP contribution is -2.03. The molecule has 0 saturated carbocycles. The zero-order valence-electron chi connectivity index (χ0n) is 15.1. The molecule has 0 spiro atoms. The molecule has 0 bridgehead atoms. The van der Waals surface area contributed by atoms with E-state index >= 15 is 0 Å². The maximum Gasteiger partial charge on any atom is 0.0223 e. The molecule has 0 amide bonds. The lowest BCUT2D eigenvalue weighted by molar-refractivity contribution is 0.356. The summed E-state index contributed by atoms with van der Waals surface area (Å²) in [6.07, 6.45) is 16.6. The first-order valence-corrected chi connectivity index (χ1v) is 9.57. The van der Waals surface area contributed by atoms with E-state index in [1.807, 2.05) is 0 Å². The van der Waals surface area contributed by atoms with Crippen molar-refractivity contribution < 1.29 is 0 Å². The monoisotopic (exact) mass is 304 g/mol. The molecule has 1 heteroatoms. The molecule has 0 rings (SSSR count). The number of hydrogen-bond acceptors (Lipinski definition) is 0. The first-order chi connectivity index (χ1) is 9.47. The van der Waals surface area contributed by atoms with Crippen molar-refractivity contribution in [2.24, 2.45) is 5.41 Å². The van der Waals surface area contributed by atoms with Gasteiger partial charge in [-0.1, -0.05) is 98.8 Å². The van der Waals surface area contributed by atoms with Crippen molar-refractivity contribution in [1.82, 2.24) is 0 Å². The summed E-state index contributed by atoms with van der Waals surface area (Å²) in [5.74, 6) is 0.827. The average Bonchev–Trinajstić information content (AvgIpc) is 2.39. The molecule has 0 aliphatic heterocycles. The molecule has 0 aromatic carbocycles. The van der Waals surface area contributed by atoms with Crippen LogP contribution in [0.4, 0.5) is 0 Å². The van der Waals surface area contributed by atoms with E-state index < -0.39 is 0 Å². The van der Waals surface area contributed by atoms with Crippen molar-refractivity contribution >= 4 is 11.6 Å². The van der Waals surface area contributed by atoms with E-state index in [0.717, 1.165) is 5.88 Å². The molecule has 0 aliphatic carbocycles. The average molecular weight is 305 g/mol. The summed E-state index contributed by atoms with van der Waals surface area (Å²) in [4.78, 5) is 0. The van der Waals surface area contributed by atoms with Crippen molar-refractivity contribution in [3.63, 3.8) is 0 Å². The van der Waals surface area contributed by atoms with Crippen LogP contribution in [-0.4, -0.2) is 5.88 Å². The number of alkyl halides is 1. The smallest absolute Gasteiger partial charge is 0.0223 e. The molecule has 20 heavy (non-hydrogen) atoms. The van der Waals surface area contributed by atoms with E-state index in [1.165, 1.54) is 77.0 Å². The molecule has 124 valence electrons. The van der Waals surface area contributed by atoms with Crippen LogP contribution in [0.2, 0.25) is 0 Å². The fourth-order valence-corrected chi connectivity index (χ4v) is 2.32. The lowest BCUT2D eigenvalue weighted by atomic mass is 9.89. The molecule has 0 N–H and O–H groups in total. The minimum absolute atomic E-state index is 0.544. The van der Waals surface area contributed by atoms with Crippen molar-refractivity contribution in [3.8, 4) is 0 Å². The fraction of sp³-hybridized carbons (Fsp3) is 1.00. The summed E-state index contributed by atoms with van der Waals surface area (Å²) in [5.41, 5.74) is 0.544. The Balaban J connectivity index is 0. The standard InChI is InChI=1S/C14H30.C5H11Cl/c1-5-6-7-8-9-10-11-12-13-14(2,3)4;1-2-3-4-5-6/h5-13H2,1-4H3;2-5H2,1H3. The van der Waals surface area contributed by atoms with Crippen LogP contribution in [0.3, 0.4) is 0 Å². The molecule has 0 nitrogen and oxygen atoms in total. The molecule has 0 aromatic rings. The molecular weight excluding hydrogens is 264 g/mol. The Bertz CT molecular complexity index is 154. The zero-order valence-corrected chi connectivity index (χ0v) is 15.8. The lowest BCUT2D eigenvalue weighted by Gasteiger charge is -2.17. The fourth-order valence-electron chi connectivity index (χ4n) is 2.13. The summed E-state index contributed by atoms with van der Waals surface area (Å²) in [6.45, 7) is 11.5. The minimum Gasteiger partial charge on any atom is -0.127 e. The van der Waals surface area contributed by atoms with Crippen molar-refractivity contribution in [1.29, 1.82) is 0 Å². The van der Waals surface area contributed by atoms with Gasteiger partial charge in [0.25, 0.3) is 0 Å². The van der Waals surface area contributed by atoms with Gasteiger partial charge in [0.2, 0.25) is 0 Å². The van der Waals surface area contributed by atoms with Crippen molar-refractivity contribution in [3.05, 3.63) is 0 Å². The van der Waals surface area contributed by atoms with Gasteiger partial charge in [-0.2, -0.15) is 0 Å². The molecule has 0 saturated heterocycles. The van der Waals surface area contributed by atoms with Gasteiger partial charge in [-0.3, -0.25) is 0 Å². The van der Waals surface area contributed by atoms with Crippen LogP contribution in [0.1, 0.15) is 112 Å². The molecule has 0 aliphatic rings. The molecule has 0 unspecified atom stereocenters. The molecule has 0 aromatic heterocycles. The van der Waals surface area contributed by atoms with Crippen molar-refractivity contribution in [2.45, 2.75) is 112 Å². The predicted octanol–water partition coefficient (Wildman–Crippen LogP) is 7.98. The van der Waals surface area contributed by atoms with Gasteiger partial charge in [0.15, 0.2) is 0 Å². The molecular formula is C19H41Cl. The van der Waals surface area contributed by atoms with Gasteiger partial charge in [-0.25, -0.2) is 0 Å². The first kappa shape index (κ1) is 22.6. The third-order valence-electron chi connectivity index (χ3n) is 3.52. The summed E-state index contributed by atoms with van der Waals surface area (Å²) >= 11 is 5.38. The highest BCUT2D eigenvalue weighted by molar-refractivity contribution is 6.17. The van der Waals surface area contributed by atoms with Crippen LogP contribution in [0.15, 0.2) is 0 Å². The maximum absolute atomic E-state index is 5.38. The predicted molar refractivity (Wildman–Crippen MR) is 96.9 cm³/mol. The Labute approximate surface area is 135 Å². The van der Waals surface area contributed by atoms with Gasteiger partial charge in [-0.15, -0.1) is 11.6 Å². The van der Waals surface area contributed by atoms with Crippen LogP contribution in [0.25, 0.3) is 0 Å². The largest absolute Gasteiger partial charge is 0.127 e. The first-order valence-electron chi connectivity index (χ1n) is 9.04. The molecule has 0 radical (unpaired) electrons. The van der Waals surface area contributed by atoms with E-state index in [9.17, 15) is 0 Å². The number of unbranched alkanes of at least 4 members (excludes halogenated alkanes) is 9. The normalized spacial score (nSPS) is 11.1. The third kappa shape index (κ3) is 26.8. The summed E-state index contributed by atoms with van der Waals surface area (Å²) in [5, 5.41) is 0. The number of halogens is 1. The Morgan fingerprint density at radius 1 is 0.600 bits per heavy atom. The summed E-state index contributed by atoms with van der Waals surface area (Å²) in [7, 11) is 0. The summed E-state index contributed by atoms with van der Waals surface area (Å²) < 4.78 is 0. The highest BCUT2D eigenvalue weighted by atomic mass is 35.5. The van der Waals surface area contributed by atoms with Gasteiger partial charge >= 0.3 is 0 Å². The van der Waals surface area contributed by atoms with Crippen LogP contribution in [-0.2, 0) is 0 Å². The Kier molecular flexibility index (Phi) is 19.6. The Morgan fingerprint density at radius 2 is 1.00 bits per heavy atom. The van der Waals surface area contributed by atoms with Crippen LogP contribution < -0.4 is 0 Å². The molecule has 0 heterocycles. The Hall–Kier alpha value is 0.290. The second-order valence-corrected chi connectivity index (χ2v) is 7.56. The maximum atomic E-state index is 5.38. The SMILES string of the molecule is CCCCCCCCCCC(C)(C)C.CCCCCCl. The van der Waals surface area contributed by atoms with Crippen LogP contribution in [0.5, 0.6) is 0 Å². The van der Waals surface area contributed by atoms with Gasteiger partial charge in [-0.05, 0) is 18.3 Å². The van der Waals surface area contributed by atoms with Crippen LogP contribution in [0, 0.1) is 5.41 Å². The van der Waals surface area contributed by atoms with Gasteiger partial charge < -0.3 is 0 Å². The zero-order chi connectivity index (χ0) is 15.7. The van der Waals surface area contributed by atoms with E-state index in [4.69, 9.17) is 11.6 Å².